The van der Waals surface area contributed by atoms with Crippen LogP contribution < -0.4 is 14.8 Å². The molecule has 0 aliphatic carbocycles. The van der Waals surface area contributed by atoms with Crippen molar-refractivity contribution in [2.75, 3.05) is 32.2 Å². The van der Waals surface area contributed by atoms with Gasteiger partial charge in [0.25, 0.3) is 0 Å². The zero-order chi connectivity index (χ0) is 31.1. The molecule has 1 atom stereocenters. The van der Waals surface area contributed by atoms with Crippen molar-refractivity contribution >= 4 is 28.8 Å². The van der Waals surface area contributed by atoms with E-state index in [1.54, 1.807) is 50.0 Å². The quantitative estimate of drug-likeness (QED) is 0.0772. The summed E-state index contributed by atoms with van der Waals surface area (Å²) in [6.07, 6.45) is 9.90. The Bertz CT molecular complexity index is 1490. The zero-order valence-corrected chi connectivity index (χ0v) is 26.5. The van der Waals surface area contributed by atoms with Crippen LogP contribution in [0.2, 0.25) is 0 Å². The lowest BCUT2D eigenvalue weighted by atomic mass is 10.0. The Morgan fingerprint density at radius 1 is 0.977 bits per heavy atom. The van der Waals surface area contributed by atoms with Crippen molar-refractivity contribution in [2.24, 2.45) is 0 Å². The molecule has 3 aromatic carbocycles. The van der Waals surface area contributed by atoms with Crippen LogP contribution in [0.15, 0.2) is 90.2 Å². The number of benzene rings is 3. The van der Waals surface area contributed by atoms with Crippen molar-refractivity contribution in [1.82, 2.24) is 9.55 Å². The highest BCUT2D eigenvalue weighted by molar-refractivity contribution is 7.90. The van der Waals surface area contributed by atoms with Crippen LogP contribution >= 0.6 is 0 Å². The average Bonchev–Trinajstić information content (AvgIpc) is 3.48. The first kappa shape index (κ1) is 32.9. The minimum atomic E-state index is -1.22. The summed E-state index contributed by atoms with van der Waals surface area (Å²) in [5, 5.41) is 2.87. The summed E-state index contributed by atoms with van der Waals surface area (Å²) < 4.78 is 31.8. The van der Waals surface area contributed by atoms with Crippen molar-refractivity contribution in [3.8, 4) is 22.6 Å². The Morgan fingerprint density at radius 2 is 1.75 bits per heavy atom. The summed E-state index contributed by atoms with van der Waals surface area (Å²) in [5.41, 5.74) is 4.34. The van der Waals surface area contributed by atoms with Crippen molar-refractivity contribution in [3.05, 3.63) is 96.6 Å². The fourth-order valence-corrected chi connectivity index (χ4v) is 5.64. The molecule has 0 saturated heterocycles. The Morgan fingerprint density at radius 3 is 2.48 bits per heavy atom. The highest BCUT2D eigenvalue weighted by atomic mass is 32.2. The van der Waals surface area contributed by atoms with Crippen LogP contribution in [-0.4, -0.2) is 46.9 Å². The number of aromatic nitrogens is 2. The SMILES string of the molecule is CCCCOCCOc1ccc(-c2ccc(OC)c(/C=C\C(=O)Nc3ccc([S@+]([O-])Cc4cncn4CCC)cc3)c2)cc1. The van der Waals surface area contributed by atoms with Gasteiger partial charge in [0.1, 0.15) is 18.1 Å². The van der Waals surface area contributed by atoms with Crippen LogP contribution in [0.4, 0.5) is 5.69 Å². The number of ether oxygens (including phenoxy) is 3. The van der Waals surface area contributed by atoms with Gasteiger partial charge in [0.15, 0.2) is 10.6 Å². The van der Waals surface area contributed by atoms with Crippen molar-refractivity contribution in [1.29, 1.82) is 0 Å². The summed E-state index contributed by atoms with van der Waals surface area (Å²) in [4.78, 5) is 17.6. The smallest absolute Gasteiger partial charge is 0.248 e. The van der Waals surface area contributed by atoms with E-state index in [0.29, 0.717) is 35.3 Å². The predicted octanol–water partition coefficient (Wildman–Crippen LogP) is 7.12. The molecule has 0 saturated carbocycles. The molecule has 232 valence electrons. The first-order valence-corrected chi connectivity index (χ1v) is 16.3. The van der Waals surface area contributed by atoms with Gasteiger partial charge in [-0.2, -0.15) is 0 Å². The number of anilines is 1. The second kappa shape index (κ2) is 17.3. The van der Waals surface area contributed by atoms with E-state index in [1.807, 2.05) is 47.0 Å². The molecule has 4 aromatic rings. The lowest BCUT2D eigenvalue weighted by molar-refractivity contribution is -0.111. The standard InChI is InChI=1S/C35H41N3O5S/c1-4-6-20-42-21-22-43-32-13-7-27(8-14-32)28-9-17-34(41-3)29(23-28)10-18-35(39)37-30-11-15-33(16-12-30)44(40)25-31-24-36-26-38(31)19-5-2/h7-18,23-24,26H,4-6,19-22,25H2,1-3H3,(H,37,39)/b18-10-/t44-/m1/s1. The van der Waals surface area contributed by atoms with Crippen molar-refractivity contribution < 1.29 is 23.6 Å². The van der Waals surface area contributed by atoms with Gasteiger partial charge >= 0.3 is 0 Å². The lowest BCUT2D eigenvalue weighted by Gasteiger charge is -2.12. The Hall–Kier alpha value is -4.05. The molecule has 9 heteroatoms. The third-order valence-corrected chi connectivity index (χ3v) is 8.25. The van der Waals surface area contributed by atoms with E-state index in [4.69, 9.17) is 14.2 Å². The number of methoxy groups -OCH3 is 1. The molecule has 1 N–H and O–H groups in total. The molecule has 0 radical (unpaired) electrons. The number of aryl methyl sites for hydroxylation is 1. The Balaban J connectivity index is 1.33. The molecule has 0 aliphatic rings. The topological polar surface area (TPSA) is 97.7 Å². The molecule has 1 aromatic heterocycles. The van der Waals surface area contributed by atoms with Gasteiger partial charge in [-0.25, -0.2) is 4.98 Å². The largest absolute Gasteiger partial charge is 0.611 e. The normalized spacial score (nSPS) is 11.9. The van der Waals surface area contributed by atoms with Crippen molar-refractivity contribution in [2.45, 2.75) is 50.3 Å². The number of amides is 1. The molecule has 0 bridgehead atoms. The number of carbonyl (C=O) groups excluding carboxylic acids is 1. The van der Waals surface area contributed by atoms with Crippen LogP contribution in [0.1, 0.15) is 44.4 Å². The molecule has 0 spiro atoms. The molecule has 1 amide bonds. The van der Waals surface area contributed by atoms with Crippen LogP contribution in [0.3, 0.4) is 0 Å². The van der Waals surface area contributed by atoms with Gasteiger partial charge < -0.3 is 28.6 Å². The monoisotopic (exact) mass is 615 g/mol. The van der Waals surface area contributed by atoms with Crippen LogP contribution in [0, 0.1) is 0 Å². The number of rotatable bonds is 17. The number of imidazole rings is 1. The number of carbonyl (C=O) groups is 1. The van der Waals surface area contributed by atoms with Crippen LogP contribution in [0.5, 0.6) is 11.5 Å². The fraction of sp³-hybridized carbons (Fsp3) is 0.314. The van der Waals surface area contributed by atoms with Gasteiger partial charge in [-0.3, -0.25) is 4.79 Å². The van der Waals surface area contributed by atoms with Gasteiger partial charge in [-0.15, -0.1) is 0 Å². The maximum Gasteiger partial charge on any atom is 0.248 e. The third kappa shape index (κ3) is 9.74. The molecule has 1 heterocycles. The minimum Gasteiger partial charge on any atom is -0.611 e. The lowest BCUT2D eigenvalue weighted by Crippen LogP contribution is -2.11. The van der Waals surface area contributed by atoms with E-state index < -0.39 is 11.2 Å². The number of unbranched alkanes of at least 4 members (excludes halogenated alkanes) is 1. The molecule has 0 fully saturated rings. The maximum absolute atomic E-state index is 12.9. The second-order valence-corrected chi connectivity index (χ2v) is 11.7. The molecule has 44 heavy (non-hydrogen) atoms. The third-order valence-electron chi connectivity index (χ3n) is 6.90. The molecule has 0 aliphatic heterocycles. The molecule has 8 nitrogen and oxygen atoms in total. The first-order chi connectivity index (χ1) is 21.5. The van der Waals surface area contributed by atoms with Crippen LogP contribution in [-0.2, 0) is 33.0 Å². The molecule has 0 unspecified atom stereocenters. The van der Waals surface area contributed by atoms with Crippen LogP contribution in [0.25, 0.3) is 17.2 Å². The van der Waals surface area contributed by atoms with E-state index in [9.17, 15) is 9.35 Å². The number of nitrogens with zero attached hydrogens (tertiary/aromatic N) is 2. The van der Waals surface area contributed by atoms with E-state index in [1.165, 1.54) is 6.08 Å². The van der Waals surface area contributed by atoms with Gasteiger partial charge in [-0.05, 0) is 89.8 Å². The van der Waals surface area contributed by atoms with Crippen molar-refractivity contribution in [3.63, 3.8) is 0 Å². The van der Waals surface area contributed by atoms with E-state index in [-0.39, 0.29) is 5.91 Å². The van der Waals surface area contributed by atoms with E-state index >= 15 is 0 Å². The number of hydrogen-bond acceptors (Lipinski definition) is 6. The Labute approximate surface area is 263 Å². The summed E-state index contributed by atoms with van der Waals surface area (Å²) in [6.45, 7) is 6.93. The highest BCUT2D eigenvalue weighted by Gasteiger charge is 2.15. The summed E-state index contributed by atoms with van der Waals surface area (Å²) in [6, 6.07) is 20.8. The summed E-state index contributed by atoms with van der Waals surface area (Å²) in [7, 11) is 1.60. The predicted molar refractivity (Wildman–Crippen MR) is 176 cm³/mol. The Kier molecular flexibility index (Phi) is 12.9. The molecular formula is C35H41N3O5S. The van der Waals surface area contributed by atoms with Gasteiger partial charge in [0.2, 0.25) is 5.91 Å². The minimum absolute atomic E-state index is 0.282. The number of hydrogen-bond donors (Lipinski definition) is 1. The summed E-state index contributed by atoms with van der Waals surface area (Å²) in [5.74, 6) is 1.56. The highest BCUT2D eigenvalue weighted by Crippen LogP contribution is 2.29. The second-order valence-electron chi connectivity index (χ2n) is 10.2. The average molecular weight is 616 g/mol. The first-order valence-electron chi connectivity index (χ1n) is 15.0. The maximum atomic E-state index is 12.9. The van der Waals surface area contributed by atoms with Gasteiger partial charge in [0, 0.05) is 30.5 Å². The number of nitrogens with one attached hydrogen (secondary N) is 1. The fourth-order valence-electron chi connectivity index (χ4n) is 4.52. The van der Waals surface area contributed by atoms with E-state index in [2.05, 4.69) is 24.1 Å². The van der Waals surface area contributed by atoms with Gasteiger partial charge in [-0.1, -0.05) is 38.5 Å². The van der Waals surface area contributed by atoms with E-state index in [0.717, 1.165) is 60.5 Å². The molecular weight excluding hydrogens is 574 g/mol. The summed E-state index contributed by atoms with van der Waals surface area (Å²) >= 11 is -1.22. The molecule has 4 rings (SSSR count). The zero-order valence-electron chi connectivity index (χ0n) is 25.7. The van der Waals surface area contributed by atoms with Gasteiger partial charge in [0.05, 0.1) is 31.9 Å².